The van der Waals surface area contributed by atoms with Crippen LogP contribution >= 0.6 is 0 Å². The van der Waals surface area contributed by atoms with Crippen molar-refractivity contribution in [1.82, 2.24) is 4.98 Å². The third-order valence-corrected chi connectivity index (χ3v) is 5.66. The van der Waals surface area contributed by atoms with Gasteiger partial charge in [-0.15, -0.1) is 10.2 Å². The van der Waals surface area contributed by atoms with Gasteiger partial charge >= 0.3 is 5.97 Å². The number of benzene rings is 3. The molecule has 0 bridgehead atoms. The quantitative estimate of drug-likeness (QED) is 0.439. The average molecular weight is 451 g/mol. The minimum atomic E-state index is -0.365. The normalized spacial score (nSPS) is 13.1. The Hall–Kier alpha value is -4.65. The van der Waals surface area contributed by atoms with Crippen molar-refractivity contribution in [2.75, 3.05) is 14.2 Å². The minimum absolute atomic E-state index is 0.0961. The molecule has 2 N–H and O–H groups in total. The molecule has 0 amide bonds. The Morgan fingerprint density at radius 3 is 2.56 bits per heavy atom. The van der Waals surface area contributed by atoms with Gasteiger partial charge in [0.1, 0.15) is 5.75 Å². The summed E-state index contributed by atoms with van der Waals surface area (Å²) in [5, 5.41) is 21.7. The zero-order chi connectivity index (χ0) is 23.7. The van der Waals surface area contributed by atoms with Gasteiger partial charge in [-0.1, -0.05) is 24.3 Å². The number of aromatic hydroxyl groups is 1. The molecular weight excluding hydrogens is 430 g/mol. The van der Waals surface area contributed by atoms with E-state index >= 15 is 0 Å². The first-order chi connectivity index (χ1) is 16.6. The molecule has 0 fully saturated rings. The predicted molar refractivity (Wildman–Crippen MR) is 131 cm³/mol. The second-order valence-electron chi connectivity index (χ2n) is 7.75. The van der Waals surface area contributed by atoms with Gasteiger partial charge in [-0.05, 0) is 65.4 Å². The van der Waals surface area contributed by atoms with Crippen molar-refractivity contribution >= 4 is 40.4 Å². The van der Waals surface area contributed by atoms with Gasteiger partial charge in [-0.2, -0.15) is 0 Å². The van der Waals surface area contributed by atoms with Crippen molar-refractivity contribution in [3.8, 4) is 11.6 Å². The zero-order valence-electron chi connectivity index (χ0n) is 18.6. The molecule has 34 heavy (non-hydrogen) atoms. The second kappa shape index (κ2) is 8.71. The summed E-state index contributed by atoms with van der Waals surface area (Å²) < 4.78 is 10.0. The first kappa shape index (κ1) is 21.2. The number of nitrogens with one attached hydrogen (secondary N) is 1. The molecule has 0 unspecified atom stereocenters. The number of fused-ring (bicyclic) bond motifs is 2. The highest BCUT2D eigenvalue weighted by atomic mass is 16.5. The van der Waals surface area contributed by atoms with E-state index in [2.05, 4.69) is 15.2 Å². The molecule has 0 saturated heterocycles. The lowest BCUT2D eigenvalue weighted by molar-refractivity contribution is 0.0600. The Balaban J connectivity index is 1.47. The van der Waals surface area contributed by atoms with Crippen molar-refractivity contribution in [3.63, 3.8) is 0 Å². The number of methoxy groups -OCH3 is 2. The Kier molecular flexibility index (Phi) is 5.43. The number of H-pyrrole nitrogens is 1. The summed E-state index contributed by atoms with van der Waals surface area (Å²) in [4.78, 5) is 14.6. The number of nitrogens with zero attached hydrogens (tertiary/aromatic N) is 2. The van der Waals surface area contributed by atoms with Crippen molar-refractivity contribution in [1.29, 1.82) is 0 Å². The van der Waals surface area contributed by atoms with Crippen molar-refractivity contribution in [2.45, 2.75) is 0 Å². The van der Waals surface area contributed by atoms with E-state index in [0.717, 1.165) is 44.0 Å². The van der Waals surface area contributed by atoms with E-state index in [1.54, 1.807) is 19.2 Å². The van der Waals surface area contributed by atoms with Crippen LogP contribution in [0.3, 0.4) is 0 Å². The molecule has 5 rings (SSSR count). The summed E-state index contributed by atoms with van der Waals surface area (Å²) in [5.41, 5.74) is 4.44. The smallest absolute Gasteiger partial charge is 0.337 e. The van der Waals surface area contributed by atoms with Crippen LogP contribution in [-0.2, 0) is 4.74 Å². The fourth-order valence-electron chi connectivity index (χ4n) is 3.86. The van der Waals surface area contributed by atoms with E-state index in [0.29, 0.717) is 11.1 Å². The molecule has 2 heterocycles. The van der Waals surface area contributed by atoms with Crippen molar-refractivity contribution in [2.24, 2.45) is 10.2 Å². The number of azo groups is 1. The standard InChI is InChI=1S/C27H21N3O4/c1-33-19-9-12-23-21(15-19)22(26(31)28-23)13-17-5-10-20-24(29-30-25(20)14-17)11-6-16-3-7-18(8-4-16)27(32)34-2/h3-15,28,31H,1-2H3/b11-6+,17-13?. The first-order valence-electron chi connectivity index (χ1n) is 10.6. The van der Waals surface area contributed by atoms with Crippen molar-refractivity contribution in [3.05, 3.63) is 93.9 Å². The topological polar surface area (TPSA) is 96.3 Å². The van der Waals surface area contributed by atoms with Crippen LogP contribution in [0.2, 0.25) is 0 Å². The number of carbonyl (C=O) groups is 1. The van der Waals surface area contributed by atoms with Gasteiger partial charge < -0.3 is 19.6 Å². The summed E-state index contributed by atoms with van der Waals surface area (Å²) in [5.74, 6) is 0.449. The zero-order valence-corrected chi connectivity index (χ0v) is 18.6. The molecule has 3 aromatic carbocycles. The van der Waals surface area contributed by atoms with Gasteiger partial charge in [-0.3, -0.25) is 0 Å². The molecular formula is C27H21N3O4. The van der Waals surface area contributed by atoms with Crippen LogP contribution in [0, 0.1) is 0 Å². The van der Waals surface area contributed by atoms with Gasteiger partial charge in [0.25, 0.3) is 0 Å². The summed E-state index contributed by atoms with van der Waals surface area (Å²) in [6.07, 6.45) is 5.71. The van der Waals surface area contributed by atoms with Gasteiger partial charge in [0.05, 0.1) is 31.2 Å². The summed E-state index contributed by atoms with van der Waals surface area (Å²) in [7, 11) is 2.97. The van der Waals surface area contributed by atoms with Crippen LogP contribution in [0.1, 0.15) is 21.5 Å². The molecule has 0 aliphatic carbocycles. The Morgan fingerprint density at radius 2 is 1.79 bits per heavy atom. The lowest BCUT2D eigenvalue weighted by atomic mass is 10.1. The maximum absolute atomic E-state index is 11.6. The van der Waals surface area contributed by atoms with E-state index in [-0.39, 0.29) is 11.8 Å². The lowest BCUT2D eigenvalue weighted by Gasteiger charge is -1.99. The van der Waals surface area contributed by atoms with Crippen molar-refractivity contribution < 1.29 is 19.4 Å². The van der Waals surface area contributed by atoms with Crippen LogP contribution in [0.5, 0.6) is 11.6 Å². The molecule has 7 nitrogen and oxygen atoms in total. The number of aromatic amines is 1. The third kappa shape index (κ3) is 3.95. The van der Waals surface area contributed by atoms with Gasteiger partial charge in [0.15, 0.2) is 5.88 Å². The van der Waals surface area contributed by atoms with Crippen LogP contribution in [-0.4, -0.2) is 30.3 Å². The Morgan fingerprint density at radius 1 is 0.971 bits per heavy atom. The molecule has 0 saturated carbocycles. The van der Waals surface area contributed by atoms with Gasteiger partial charge in [0.2, 0.25) is 0 Å². The molecule has 7 heteroatoms. The maximum Gasteiger partial charge on any atom is 0.337 e. The van der Waals surface area contributed by atoms with Gasteiger partial charge in [-0.25, -0.2) is 4.79 Å². The molecule has 1 aliphatic heterocycles. The molecule has 1 aliphatic rings. The molecule has 0 spiro atoms. The van der Waals surface area contributed by atoms with Crippen LogP contribution < -0.4 is 15.2 Å². The summed E-state index contributed by atoms with van der Waals surface area (Å²) >= 11 is 0. The van der Waals surface area contributed by atoms with E-state index in [1.807, 2.05) is 66.8 Å². The fourth-order valence-corrected chi connectivity index (χ4v) is 3.86. The number of hydrogen-bond donors (Lipinski definition) is 2. The number of hydrogen-bond acceptors (Lipinski definition) is 6. The average Bonchev–Trinajstić information content (AvgIpc) is 3.42. The fraction of sp³-hybridized carbons (Fsp3) is 0.0741. The van der Waals surface area contributed by atoms with Crippen LogP contribution in [0.15, 0.2) is 77.0 Å². The molecule has 1 aromatic heterocycles. The monoisotopic (exact) mass is 451 g/mol. The summed E-state index contributed by atoms with van der Waals surface area (Å²) in [6.45, 7) is 0. The molecule has 168 valence electrons. The van der Waals surface area contributed by atoms with E-state index < -0.39 is 0 Å². The highest BCUT2D eigenvalue weighted by Crippen LogP contribution is 2.30. The maximum atomic E-state index is 11.6. The second-order valence-corrected chi connectivity index (χ2v) is 7.75. The van der Waals surface area contributed by atoms with Crippen LogP contribution in [0.25, 0.3) is 28.8 Å². The number of ether oxygens (including phenoxy) is 2. The molecule has 0 radical (unpaired) electrons. The summed E-state index contributed by atoms with van der Waals surface area (Å²) in [6, 6.07) is 18.6. The molecule has 0 atom stereocenters. The molecule has 4 aromatic rings. The lowest BCUT2D eigenvalue weighted by Crippen LogP contribution is -2.08. The Labute approximate surface area is 195 Å². The number of carbonyl (C=O) groups excluding carboxylic acids is 1. The van der Waals surface area contributed by atoms with Crippen LogP contribution in [0.4, 0.5) is 5.69 Å². The largest absolute Gasteiger partial charge is 0.497 e. The SMILES string of the molecule is COC(=O)c1ccc(/C=C/C2=c3ccc(=Cc4c(O)[nH]c5ccc(OC)cc45)cc3N=N2)cc1. The van der Waals surface area contributed by atoms with E-state index in [4.69, 9.17) is 9.47 Å². The number of aromatic nitrogens is 1. The van der Waals surface area contributed by atoms with E-state index in [1.165, 1.54) is 7.11 Å². The highest BCUT2D eigenvalue weighted by molar-refractivity contribution is 5.93. The predicted octanol–water partition coefficient (Wildman–Crippen LogP) is 4.42. The Bertz CT molecular complexity index is 1600. The first-order valence-corrected chi connectivity index (χ1v) is 10.6. The third-order valence-electron chi connectivity index (χ3n) is 5.66. The highest BCUT2D eigenvalue weighted by Gasteiger charge is 2.11. The minimum Gasteiger partial charge on any atom is -0.497 e. The number of esters is 1. The van der Waals surface area contributed by atoms with Gasteiger partial charge in [0, 0.05) is 21.7 Å². The number of rotatable bonds is 5. The van der Waals surface area contributed by atoms with E-state index in [9.17, 15) is 9.90 Å².